The van der Waals surface area contributed by atoms with Crippen LogP contribution in [0.2, 0.25) is 0 Å². The molecule has 0 bridgehead atoms. The lowest BCUT2D eigenvalue weighted by Crippen LogP contribution is -2.08. The predicted molar refractivity (Wildman–Crippen MR) is 76.5 cm³/mol. The summed E-state index contributed by atoms with van der Waals surface area (Å²) in [6.45, 7) is 0. The fourth-order valence-electron chi connectivity index (χ4n) is 2.83. The van der Waals surface area contributed by atoms with Gasteiger partial charge in [-0.1, -0.05) is 50.4 Å². The highest BCUT2D eigenvalue weighted by Gasteiger charge is 2.42. The van der Waals surface area contributed by atoms with E-state index in [0.717, 1.165) is 11.3 Å². The second kappa shape index (κ2) is 3.82. The Morgan fingerprint density at radius 2 is 1.41 bits per heavy atom. The van der Waals surface area contributed by atoms with Crippen LogP contribution in [0.3, 0.4) is 0 Å². The molecule has 0 spiro atoms. The van der Waals surface area contributed by atoms with Crippen LogP contribution in [0, 0.1) is 0 Å². The molecule has 0 aliphatic heterocycles. The van der Waals surface area contributed by atoms with Crippen molar-refractivity contribution in [2.45, 2.75) is 37.0 Å². The maximum absolute atomic E-state index is 2.41. The maximum atomic E-state index is 2.41. The van der Waals surface area contributed by atoms with Crippen molar-refractivity contribution in [1.82, 2.24) is 0 Å². The molecule has 0 unspecified atom stereocenters. The van der Waals surface area contributed by atoms with Gasteiger partial charge < -0.3 is 0 Å². The first-order valence-corrected chi connectivity index (χ1v) is 8.17. The van der Waals surface area contributed by atoms with Crippen molar-refractivity contribution in [2.75, 3.05) is 0 Å². The highest BCUT2D eigenvalue weighted by Crippen LogP contribution is 2.63. The van der Waals surface area contributed by atoms with Gasteiger partial charge in [0.2, 0.25) is 0 Å². The van der Waals surface area contributed by atoms with E-state index in [-0.39, 0.29) is 7.92 Å². The third kappa shape index (κ3) is 1.79. The smallest absolute Gasteiger partial charge is 0.0107 e. The second-order valence-corrected chi connectivity index (χ2v) is 8.12. The van der Waals surface area contributed by atoms with Crippen LogP contribution in [0.1, 0.15) is 25.7 Å². The van der Waals surface area contributed by atoms with Crippen LogP contribution in [0.15, 0.2) is 42.5 Å². The lowest BCUT2D eigenvalue weighted by molar-refractivity contribution is 1.39. The Kier molecular flexibility index (Phi) is 2.27. The minimum absolute atomic E-state index is 0.149. The SMILES string of the molecule is c1ccc2c(P(C3CC3)C3CC3)cccc2c1. The summed E-state index contributed by atoms with van der Waals surface area (Å²) in [6, 6.07) is 15.9. The number of rotatable bonds is 3. The molecular formula is C16H17P. The molecule has 2 fully saturated rings. The topological polar surface area (TPSA) is 0 Å². The van der Waals surface area contributed by atoms with Gasteiger partial charge in [0.1, 0.15) is 0 Å². The monoisotopic (exact) mass is 240 g/mol. The molecule has 2 aliphatic rings. The van der Waals surface area contributed by atoms with Crippen LogP contribution in [-0.2, 0) is 0 Å². The van der Waals surface area contributed by atoms with Gasteiger partial charge in [-0.15, -0.1) is 0 Å². The molecule has 0 amide bonds. The Balaban J connectivity index is 1.88. The molecule has 0 aromatic heterocycles. The van der Waals surface area contributed by atoms with Gasteiger partial charge >= 0.3 is 0 Å². The highest BCUT2D eigenvalue weighted by molar-refractivity contribution is 7.68. The van der Waals surface area contributed by atoms with Gasteiger partial charge in [0, 0.05) is 0 Å². The van der Waals surface area contributed by atoms with Crippen molar-refractivity contribution in [1.29, 1.82) is 0 Å². The molecule has 0 atom stereocenters. The van der Waals surface area contributed by atoms with Gasteiger partial charge in [-0.05, 0) is 53.1 Å². The van der Waals surface area contributed by atoms with E-state index in [9.17, 15) is 0 Å². The lowest BCUT2D eigenvalue weighted by Gasteiger charge is -2.19. The van der Waals surface area contributed by atoms with Crippen LogP contribution < -0.4 is 5.30 Å². The molecular weight excluding hydrogens is 223 g/mol. The zero-order valence-corrected chi connectivity index (χ0v) is 10.9. The van der Waals surface area contributed by atoms with Crippen molar-refractivity contribution in [2.24, 2.45) is 0 Å². The molecule has 2 aromatic carbocycles. The van der Waals surface area contributed by atoms with E-state index in [1.54, 1.807) is 5.30 Å². The van der Waals surface area contributed by atoms with Gasteiger partial charge in [0.05, 0.1) is 0 Å². The molecule has 0 N–H and O–H groups in total. The molecule has 17 heavy (non-hydrogen) atoms. The lowest BCUT2D eigenvalue weighted by atomic mass is 10.1. The van der Waals surface area contributed by atoms with Gasteiger partial charge in [0.25, 0.3) is 0 Å². The van der Waals surface area contributed by atoms with Crippen molar-refractivity contribution < 1.29 is 0 Å². The predicted octanol–water partition coefficient (Wildman–Crippen LogP) is 4.27. The van der Waals surface area contributed by atoms with E-state index in [2.05, 4.69) is 42.5 Å². The summed E-state index contributed by atoms with van der Waals surface area (Å²) >= 11 is 0. The van der Waals surface area contributed by atoms with E-state index >= 15 is 0 Å². The summed E-state index contributed by atoms with van der Waals surface area (Å²) in [5.41, 5.74) is 2.12. The summed E-state index contributed by atoms with van der Waals surface area (Å²) < 4.78 is 0. The van der Waals surface area contributed by atoms with Crippen LogP contribution in [0.4, 0.5) is 0 Å². The third-order valence-electron chi connectivity index (χ3n) is 3.93. The van der Waals surface area contributed by atoms with Crippen LogP contribution in [-0.4, -0.2) is 11.3 Å². The first kappa shape index (κ1) is 10.1. The normalized spacial score (nSPS) is 20.1. The maximum Gasteiger partial charge on any atom is -0.0107 e. The average Bonchev–Trinajstić information content (AvgIpc) is 3.24. The molecule has 2 aliphatic carbocycles. The molecule has 86 valence electrons. The van der Waals surface area contributed by atoms with Crippen molar-refractivity contribution in [3.8, 4) is 0 Å². The summed E-state index contributed by atoms with van der Waals surface area (Å²) in [4.78, 5) is 0. The van der Waals surface area contributed by atoms with Gasteiger partial charge in [-0.2, -0.15) is 0 Å². The zero-order chi connectivity index (χ0) is 11.2. The van der Waals surface area contributed by atoms with E-state index in [1.807, 2.05) is 0 Å². The molecule has 2 aromatic rings. The van der Waals surface area contributed by atoms with E-state index in [1.165, 1.54) is 36.5 Å². The van der Waals surface area contributed by atoms with Crippen molar-refractivity contribution >= 4 is 24.0 Å². The molecule has 1 heteroatoms. The Morgan fingerprint density at radius 1 is 0.765 bits per heavy atom. The fraction of sp³-hybridized carbons (Fsp3) is 0.375. The fourth-order valence-corrected chi connectivity index (χ4v) is 6.36. The van der Waals surface area contributed by atoms with E-state index < -0.39 is 0 Å². The standard InChI is InChI=1S/C16H17P/c1-2-6-15-12(4-1)5-3-7-16(15)17(13-8-9-13)14-10-11-14/h1-7,13-14H,8-11H2. The Bertz CT molecular complexity index is 535. The van der Waals surface area contributed by atoms with E-state index in [0.29, 0.717) is 0 Å². The summed E-state index contributed by atoms with van der Waals surface area (Å²) in [6.07, 6.45) is 5.97. The number of fused-ring (bicyclic) bond motifs is 1. The first-order chi connectivity index (χ1) is 8.43. The summed E-state index contributed by atoms with van der Waals surface area (Å²) in [7, 11) is 0.149. The zero-order valence-electron chi connectivity index (χ0n) is 9.97. The molecule has 2 saturated carbocycles. The van der Waals surface area contributed by atoms with Crippen LogP contribution in [0.25, 0.3) is 10.8 Å². The molecule has 0 saturated heterocycles. The first-order valence-electron chi connectivity index (χ1n) is 6.69. The molecule has 4 rings (SSSR count). The highest BCUT2D eigenvalue weighted by atomic mass is 31.1. The minimum Gasteiger partial charge on any atom is -0.0683 e. The van der Waals surface area contributed by atoms with Crippen LogP contribution in [0.5, 0.6) is 0 Å². The molecule has 0 nitrogen and oxygen atoms in total. The number of hydrogen-bond donors (Lipinski definition) is 0. The molecule has 0 radical (unpaired) electrons. The summed E-state index contributed by atoms with van der Waals surface area (Å²) in [5, 5.41) is 4.65. The average molecular weight is 240 g/mol. The van der Waals surface area contributed by atoms with Crippen molar-refractivity contribution in [3.05, 3.63) is 42.5 Å². The quantitative estimate of drug-likeness (QED) is 0.703. The van der Waals surface area contributed by atoms with E-state index in [4.69, 9.17) is 0 Å². The van der Waals surface area contributed by atoms with Crippen LogP contribution >= 0.6 is 7.92 Å². The Labute approximate surface area is 104 Å². The largest absolute Gasteiger partial charge is 0.0683 e. The second-order valence-electron chi connectivity index (χ2n) is 5.37. The Morgan fingerprint density at radius 3 is 2.12 bits per heavy atom. The van der Waals surface area contributed by atoms with Gasteiger partial charge in [-0.25, -0.2) is 0 Å². The van der Waals surface area contributed by atoms with Crippen molar-refractivity contribution in [3.63, 3.8) is 0 Å². The number of hydrogen-bond acceptors (Lipinski definition) is 0. The Hall–Kier alpha value is -0.870. The van der Waals surface area contributed by atoms with Gasteiger partial charge in [-0.3, -0.25) is 0 Å². The molecule has 0 heterocycles. The minimum atomic E-state index is 0.149. The third-order valence-corrected chi connectivity index (χ3v) is 7.48. The summed E-state index contributed by atoms with van der Waals surface area (Å²) in [5.74, 6) is 0. The number of benzene rings is 2. The van der Waals surface area contributed by atoms with Gasteiger partial charge in [0.15, 0.2) is 0 Å².